The quantitative estimate of drug-likeness (QED) is 0.0290. The summed E-state index contributed by atoms with van der Waals surface area (Å²) in [5.74, 6) is -0.120. The van der Waals surface area contributed by atoms with E-state index in [0.717, 1.165) is 155 Å². The van der Waals surface area contributed by atoms with Crippen molar-refractivity contribution in [3.8, 4) is 0 Å². The minimum atomic E-state index is -4.53. The summed E-state index contributed by atoms with van der Waals surface area (Å²) < 4.78 is 105. The van der Waals surface area contributed by atoms with Gasteiger partial charge in [0.25, 0.3) is 10.0 Å². The Morgan fingerprint density at radius 2 is 0.971 bits per heavy atom. The van der Waals surface area contributed by atoms with Crippen molar-refractivity contribution >= 4 is 68.3 Å². The number of halogens is 7. The molecule has 3 aliphatic rings. The maximum atomic E-state index is 13.5. The number of piperidine rings is 3. The number of allylic oxidation sites excluding steroid dienone is 1. The van der Waals surface area contributed by atoms with Crippen molar-refractivity contribution in [2.45, 2.75) is 187 Å². The fourth-order valence-electron chi connectivity index (χ4n) is 13.5. The summed E-state index contributed by atoms with van der Waals surface area (Å²) in [7, 11) is -3.71. The van der Waals surface area contributed by atoms with Crippen molar-refractivity contribution in [2.75, 3.05) is 66.5 Å². The molecular weight excluding hydrogens is 1380 g/mol. The van der Waals surface area contributed by atoms with Crippen molar-refractivity contribution in [2.24, 2.45) is 0 Å². The number of anilines is 4. The van der Waals surface area contributed by atoms with Gasteiger partial charge in [0.2, 0.25) is 0 Å². The van der Waals surface area contributed by atoms with Crippen LogP contribution < -0.4 is 20.7 Å². The van der Waals surface area contributed by atoms with Gasteiger partial charge in [-0.05, 0) is 180 Å². The molecule has 6 aromatic carbocycles. The van der Waals surface area contributed by atoms with E-state index < -0.39 is 45.6 Å². The molecule has 0 radical (unpaired) electrons. The van der Waals surface area contributed by atoms with Gasteiger partial charge in [0.05, 0.1) is 11.1 Å². The lowest BCUT2D eigenvalue weighted by atomic mass is 9.98. The summed E-state index contributed by atoms with van der Waals surface area (Å²) in [5, 5.41) is 9.86. The van der Waals surface area contributed by atoms with E-state index in [1.54, 1.807) is 34.1 Å². The molecule has 104 heavy (non-hydrogen) atoms. The summed E-state index contributed by atoms with van der Waals surface area (Å²) in [6.45, 7) is 27.3. The molecule has 0 bridgehead atoms. The zero-order valence-electron chi connectivity index (χ0n) is 60.8. The van der Waals surface area contributed by atoms with E-state index in [4.69, 9.17) is 11.6 Å². The van der Waals surface area contributed by atoms with E-state index >= 15 is 0 Å². The van der Waals surface area contributed by atoms with Gasteiger partial charge in [-0.3, -0.25) is 9.52 Å². The van der Waals surface area contributed by atoms with Gasteiger partial charge in [-0.1, -0.05) is 150 Å². The molecule has 24 heteroatoms. The summed E-state index contributed by atoms with van der Waals surface area (Å²) in [6, 6.07) is 39.1. The van der Waals surface area contributed by atoms with E-state index in [1.807, 2.05) is 72.5 Å². The Morgan fingerprint density at radius 3 is 1.43 bits per heavy atom. The Morgan fingerprint density at radius 1 is 0.538 bits per heavy atom. The van der Waals surface area contributed by atoms with E-state index in [1.165, 1.54) is 43.2 Å². The van der Waals surface area contributed by atoms with Gasteiger partial charge in [0, 0.05) is 129 Å². The first-order valence-electron chi connectivity index (χ1n) is 36.1. The number of nitrogens with one attached hydrogen (secondary N) is 4. The Bertz CT molecular complexity index is 3860. The summed E-state index contributed by atoms with van der Waals surface area (Å²) in [5.41, 5.74) is 4.01. The topological polar surface area (TPSA) is 170 Å². The number of unbranched alkanes of at least 4 members (excludes halogenated alkanes) is 1. The number of benzene rings is 6. The number of nitrogens with zero attached hydrogens (tertiary/aromatic N) is 6. The molecule has 3 heterocycles. The van der Waals surface area contributed by atoms with Crippen LogP contribution in [0.25, 0.3) is 0 Å². The largest absolute Gasteiger partial charge is 0.416 e. The SMILES string of the molecule is C=CC(=O)Cc1ccccc1CN(C(=O)Nc1cccc(C(F)(F)F)c1)C1CCN(C(C)CCC)CC1.C=CS(=O)(=O)Nc1cccc(CN(C(=O)Nc2cccc(C(F)(F)F)c2)C2CCN(C(C)CCC)CC2)c1.CCCCN1CCC(N(Cc2ccccc2)C(=O)Nc2ccc(C)c(Cl)c2)CC1. The fourth-order valence-corrected chi connectivity index (χ4v) is 14.2. The van der Waals surface area contributed by atoms with E-state index in [9.17, 15) is 53.9 Å². The molecule has 3 saturated heterocycles. The lowest BCUT2D eigenvalue weighted by Crippen LogP contribution is -2.50. The first-order chi connectivity index (χ1) is 49.6. The lowest BCUT2D eigenvalue weighted by molar-refractivity contribution is -0.138. The number of amides is 6. The molecule has 0 saturated carbocycles. The first-order valence-corrected chi connectivity index (χ1v) is 38.1. The highest BCUT2D eigenvalue weighted by atomic mass is 35.5. The summed E-state index contributed by atoms with van der Waals surface area (Å²) in [6.07, 6.45) is 4.25. The van der Waals surface area contributed by atoms with Gasteiger partial charge in [-0.2, -0.15) is 26.3 Å². The van der Waals surface area contributed by atoms with Crippen LogP contribution >= 0.6 is 11.6 Å². The third-order valence-corrected chi connectivity index (χ3v) is 20.8. The molecule has 16 nitrogen and oxygen atoms in total. The Balaban J connectivity index is 0.000000220. The number of rotatable bonds is 27. The predicted molar refractivity (Wildman–Crippen MR) is 406 cm³/mol. The zero-order valence-corrected chi connectivity index (χ0v) is 62.3. The molecule has 0 aliphatic carbocycles. The van der Waals surface area contributed by atoms with Crippen molar-refractivity contribution in [3.05, 3.63) is 214 Å². The van der Waals surface area contributed by atoms with Crippen molar-refractivity contribution in [1.82, 2.24) is 29.4 Å². The van der Waals surface area contributed by atoms with Crippen LogP contribution in [-0.4, -0.2) is 138 Å². The van der Waals surface area contributed by atoms with Crippen LogP contribution in [0.1, 0.15) is 151 Å². The molecule has 2 atom stereocenters. The van der Waals surface area contributed by atoms with Crippen LogP contribution in [0.15, 0.2) is 170 Å². The maximum absolute atomic E-state index is 13.5. The highest BCUT2D eigenvalue weighted by Crippen LogP contribution is 2.34. The maximum Gasteiger partial charge on any atom is 0.416 e. The molecule has 564 valence electrons. The van der Waals surface area contributed by atoms with Crippen LogP contribution in [0.4, 0.5) is 63.5 Å². The van der Waals surface area contributed by atoms with E-state index in [0.29, 0.717) is 47.7 Å². The van der Waals surface area contributed by atoms with Gasteiger partial charge in [0.1, 0.15) is 0 Å². The Labute approximate surface area is 616 Å². The summed E-state index contributed by atoms with van der Waals surface area (Å²) in [4.78, 5) is 64.9. The van der Waals surface area contributed by atoms with Crippen molar-refractivity contribution in [1.29, 1.82) is 0 Å². The average Bonchev–Trinajstić information content (AvgIpc) is 0.827. The second-order valence-corrected chi connectivity index (χ2v) is 29.2. The number of carbonyl (C=O) groups is 4. The normalized spacial score (nSPS) is 15.7. The molecule has 0 aromatic heterocycles. The van der Waals surface area contributed by atoms with Gasteiger partial charge in [-0.15, -0.1) is 0 Å². The Hall–Kier alpha value is -8.22. The van der Waals surface area contributed by atoms with E-state index in [2.05, 4.69) is 95.3 Å². The smallest absolute Gasteiger partial charge is 0.317 e. The summed E-state index contributed by atoms with van der Waals surface area (Å²) >= 11 is 6.24. The Kier molecular flexibility index (Phi) is 32.2. The standard InChI is InChI=1S/C29H36F3N3O2.C27H35F3N4O3S.C24H32ClN3O/c1-4-9-21(3)34-16-14-26(15-17-34)35(20-23-11-7-6-10-22(23)18-27(36)5-2)28(37)33-25-13-8-12-24(19-25)29(30,31)32;1-4-8-20(3)33-15-13-25(14-16-33)34(19-21-9-6-12-24(17-21)32-38(36,37)5-2)26(35)31-23-11-7-10-22(18-23)27(28,29)30;1-3-4-14-27-15-12-22(13-16-27)28(18-20-8-6-5-7-9-20)24(29)26-21-11-10-19(2)23(25)17-21/h5-8,10-13,19,21,26H,2,4,9,14-18,20H2,1,3H3,(H,33,37);5-7,9-12,17-18,20,25,32H,2,4,8,13-16,19H2,1,3H3,(H,31,35);5-11,17,22H,3-4,12-16,18H2,1-2H3,(H,26,29). The second kappa shape index (κ2) is 40.3. The van der Waals surface area contributed by atoms with Crippen LogP contribution in [0.5, 0.6) is 0 Å². The molecule has 3 fully saturated rings. The molecular formula is C80H103ClF6N10O6S. The number of urea groups is 3. The van der Waals surface area contributed by atoms with Crippen LogP contribution in [0.3, 0.4) is 0 Å². The van der Waals surface area contributed by atoms with Gasteiger partial charge < -0.3 is 45.3 Å². The number of likely N-dealkylation sites (tertiary alicyclic amines) is 3. The minimum absolute atomic E-state index is 0.0522. The third-order valence-electron chi connectivity index (χ3n) is 19.5. The monoisotopic (exact) mass is 1480 g/mol. The van der Waals surface area contributed by atoms with Crippen molar-refractivity contribution in [3.63, 3.8) is 0 Å². The van der Waals surface area contributed by atoms with E-state index in [-0.39, 0.29) is 60.8 Å². The number of aryl methyl sites for hydroxylation is 1. The number of carbonyl (C=O) groups excluding carboxylic acids is 4. The molecule has 6 aromatic rings. The highest BCUT2D eigenvalue weighted by Gasteiger charge is 2.36. The predicted octanol–water partition coefficient (Wildman–Crippen LogP) is 18.9. The van der Waals surface area contributed by atoms with Crippen LogP contribution in [0, 0.1) is 6.92 Å². The second-order valence-electron chi connectivity index (χ2n) is 27.1. The number of hydrogen-bond acceptors (Lipinski definition) is 9. The number of ketones is 1. The molecule has 0 spiro atoms. The number of alkyl halides is 6. The van der Waals surface area contributed by atoms with Gasteiger partial charge in [-0.25, -0.2) is 22.8 Å². The molecule has 4 N–H and O–H groups in total. The van der Waals surface area contributed by atoms with Crippen LogP contribution in [-0.2, 0) is 53.2 Å². The number of sulfonamides is 1. The zero-order chi connectivity index (χ0) is 75.6. The minimum Gasteiger partial charge on any atom is -0.317 e. The highest BCUT2D eigenvalue weighted by molar-refractivity contribution is 7.95. The molecule has 6 amide bonds. The number of hydrogen-bond donors (Lipinski definition) is 4. The van der Waals surface area contributed by atoms with Crippen LogP contribution in [0.2, 0.25) is 5.02 Å². The molecule has 3 aliphatic heterocycles. The first kappa shape index (κ1) is 83.1. The van der Waals surface area contributed by atoms with Gasteiger partial charge in [0.15, 0.2) is 5.78 Å². The van der Waals surface area contributed by atoms with Gasteiger partial charge >= 0.3 is 30.4 Å². The fraction of sp³-hybridized carbons (Fsp3) is 0.450. The lowest BCUT2D eigenvalue weighted by Gasteiger charge is -2.41. The van der Waals surface area contributed by atoms with Crippen molar-refractivity contribution < 1.29 is 53.9 Å². The third kappa shape index (κ3) is 26.1. The molecule has 2 unspecified atom stereocenters. The molecule has 9 rings (SSSR count). The average molecular weight is 1480 g/mol.